The van der Waals surface area contributed by atoms with Crippen LogP contribution in [-0.2, 0) is 4.74 Å². The average molecular weight is 308 g/mol. The van der Waals surface area contributed by atoms with Gasteiger partial charge in [-0.05, 0) is 49.9 Å². The van der Waals surface area contributed by atoms with Crippen molar-refractivity contribution < 1.29 is 9.53 Å². The molecular weight excluding hydrogens is 276 g/mol. The second kappa shape index (κ2) is 5.70. The third-order valence-electron chi connectivity index (χ3n) is 5.91. The monoisotopic (exact) mass is 308 g/mol. The molecule has 2 heterocycles. The summed E-state index contributed by atoms with van der Waals surface area (Å²) in [5, 5.41) is 0. The van der Waals surface area contributed by atoms with Crippen LogP contribution in [0.2, 0.25) is 0 Å². The normalized spacial score (nSPS) is 35.6. The fraction of sp³-hybridized carbons (Fsp3) is 0.944. The molecule has 2 atom stereocenters. The second-order valence-electron chi connectivity index (χ2n) is 8.80. The number of ether oxygens (including phenoxy) is 1. The van der Waals surface area contributed by atoms with E-state index in [1.54, 1.807) is 0 Å². The topological polar surface area (TPSA) is 32.8 Å². The number of rotatable bonds is 2. The van der Waals surface area contributed by atoms with Crippen molar-refractivity contribution in [2.24, 2.45) is 10.8 Å². The van der Waals surface area contributed by atoms with E-state index in [2.05, 4.69) is 25.7 Å². The maximum atomic E-state index is 11.8. The summed E-state index contributed by atoms with van der Waals surface area (Å²) in [6.07, 6.45) is 6.14. The van der Waals surface area contributed by atoms with Crippen LogP contribution in [-0.4, -0.2) is 54.2 Å². The first kappa shape index (κ1) is 16.1. The van der Waals surface area contributed by atoms with Crippen LogP contribution in [0.25, 0.3) is 0 Å². The molecule has 126 valence electrons. The first-order chi connectivity index (χ1) is 10.3. The van der Waals surface area contributed by atoms with Gasteiger partial charge in [0.1, 0.15) is 0 Å². The van der Waals surface area contributed by atoms with Crippen molar-refractivity contribution in [1.29, 1.82) is 0 Å². The Bertz CT molecular complexity index is 429. The van der Waals surface area contributed by atoms with Crippen LogP contribution >= 0.6 is 0 Å². The van der Waals surface area contributed by atoms with Crippen LogP contribution in [0.3, 0.4) is 0 Å². The first-order valence-corrected chi connectivity index (χ1v) is 8.99. The van der Waals surface area contributed by atoms with E-state index in [1.165, 1.54) is 25.8 Å². The molecule has 1 amide bonds. The van der Waals surface area contributed by atoms with Crippen molar-refractivity contribution in [2.45, 2.75) is 71.9 Å². The standard InChI is InChI=1S/C18H32N2O2/c1-5-22-16(21)19-8-6-14(7-9-19)20-13-18(4)11-15(20)10-17(2,3)12-18/h14-15H,5-13H2,1-4H3/t15-,18+/m1/s1. The Morgan fingerprint density at radius 1 is 1.14 bits per heavy atom. The van der Waals surface area contributed by atoms with Crippen LogP contribution in [0, 0.1) is 10.8 Å². The molecule has 1 aliphatic carbocycles. The molecule has 0 N–H and O–H groups in total. The molecular formula is C18H32N2O2. The minimum atomic E-state index is -0.130. The number of carbonyl (C=O) groups excluding carboxylic acids is 1. The van der Waals surface area contributed by atoms with Gasteiger partial charge in [0.05, 0.1) is 6.61 Å². The van der Waals surface area contributed by atoms with Gasteiger partial charge in [0.25, 0.3) is 0 Å². The molecule has 0 unspecified atom stereocenters. The second-order valence-corrected chi connectivity index (χ2v) is 8.80. The molecule has 4 nitrogen and oxygen atoms in total. The Morgan fingerprint density at radius 2 is 1.82 bits per heavy atom. The summed E-state index contributed by atoms with van der Waals surface area (Å²) in [4.78, 5) is 16.5. The van der Waals surface area contributed by atoms with Gasteiger partial charge >= 0.3 is 6.09 Å². The van der Waals surface area contributed by atoms with Gasteiger partial charge < -0.3 is 9.64 Å². The maximum absolute atomic E-state index is 11.8. The number of hydrogen-bond donors (Lipinski definition) is 0. The lowest BCUT2D eigenvalue weighted by atomic mass is 9.65. The predicted octanol–water partition coefficient (Wildman–Crippen LogP) is 3.51. The van der Waals surface area contributed by atoms with E-state index in [1.807, 2.05) is 11.8 Å². The quantitative estimate of drug-likeness (QED) is 0.782. The molecule has 3 fully saturated rings. The number of carbonyl (C=O) groups is 1. The zero-order valence-corrected chi connectivity index (χ0v) is 14.7. The molecule has 0 aromatic rings. The Kier molecular flexibility index (Phi) is 4.17. The summed E-state index contributed by atoms with van der Waals surface area (Å²) < 4.78 is 5.13. The lowest BCUT2D eigenvalue weighted by Crippen LogP contribution is -2.48. The molecule has 4 heteroatoms. The summed E-state index contributed by atoms with van der Waals surface area (Å²) >= 11 is 0. The van der Waals surface area contributed by atoms with Gasteiger partial charge in [-0.1, -0.05) is 20.8 Å². The van der Waals surface area contributed by atoms with E-state index in [-0.39, 0.29) is 6.09 Å². The Balaban J connectivity index is 1.59. The van der Waals surface area contributed by atoms with Gasteiger partial charge in [-0.3, -0.25) is 4.90 Å². The van der Waals surface area contributed by atoms with Gasteiger partial charge in [-0.2, -0.15) is 0 Å². The zero-order valence-electron chi connectivity index (χ0n) is 14.7. The van der Waals surface area contributed by atoms with E-state index in [9.17, 15) is 4.79 Å². The Labute approximate surface area is 135 Å². The summed E-state index contributed by atoms with van der Waals surface area (Å²) in [5.41, 5.74) is 0.989. The van der Waals surface area contributed by atoms with E-state index in [4.69, 9.17) is 4.74 Å². The molecule has 0 aromatic heterocycles. The average Bonchev–Trinajstić information content (AvgIpc) is 2.68. The van der Waals surface area contributed by atoms with Gasteiger partial charge in [-0.25, -0.2) is 4.79 Å². The van der Waals surface area contributed by atoms with Crippen LogP contribution in [0.4, 0.5) is 4.79 Å². The van der Waals surface area contributed by atoms with Gasteiger partial charge in [0.2, 0.25) is 0 Å². The van der Waals surface area contributed by atoms with Crippen molar-refractivity contribution in [1.82, 2.24) is 9.80 Å². The van der Waals surface area contributed by atoms with E-state index >= 15 is 0 Å². The zero-order chi connectivity index (χ0) is 16.0. The summed E-state index contributed by atoms with van der Waals surface area (Å²) in [6.45, 7) is 12.7. The maximum Gasteiger partial charge on any atom is 0.409 e. The molecule has 22 heavy (non-hydrogen) atoms. The van der Waals surface area contributed by atoms with E-state index in [0.29, 0.717) is 23.5 Å². The van der Waals surface area contributed by atoms with Gasteiger partial charge in [-0.15, -0.1) is 0 Å². The van der Waals surface area contributed by atoms with Crippen LogP contribution in [0.15, 0.2) is 0 Å². The number of nitrogens with zero attached hydrogens (tertiary/aromatic N) is 2. The molecule has 2 aliphatic heterocycles. The third-order valence-corrected chi connectivity index (χ3v) is 5.91. The minimum Gasteiger partial charge on any atom is -0.450 e. The molecule has 3 aliphatic rings. The smallest absolute Gasteiger partial charge is 0.409 e. The third kappa shape index (κ3) is 3.12. The summed E-state index contributed by atoms with van der Waals surface area (Å²) in [7, 11) is 0. The van der Waals surface area contributed by atoms with Gasteiger partial charge in [0, 0.05) is 31.7 Å². The van der Waals surface area contributed by atoms with Crippen molar-refractivity contribution in [2.75, 3.05) is 26.2 Å². The van der Waals surface area contributed by atoms with Crippen LogP contribution in [0.1, 0.15) is 59.8 Å². The van der Waals surface area contributed by atoms with Crippen molar-refractivity contribution in [3.05, 3.63) is 0 Å². The lowest BCUT2D eigenvalue weighted by molar-refractivity contribution is 0.0653. The Hall–Kier alpha value is -0.770. The number of likely N-dealkylation sites (tertiary alicyclic amines) is 2. The number of piperidine rings is 1. The lowest BCUT2D eigenvalue weighted by Gasteiger charge is -2.41. The SMILES string of the molecule is CCOC(=O)N1CCC(N2C[C@@]3(C)C[C@H]2CC(C)(C)C3)CC1. The molecule has 3 rings (SSSR count). The fourth-order valence-corrected chi connectivity index (χ4v) is 5.53. The minimum absolute atomic E-state index is 0.130. The first-order valence-electron chi connectivity index (χ1n) is 8.99. The van der Waals surface area contributed by atoms with Crippen molar-refractivity contribution in [3.63, 3.8) is 0 Å². The molecule has 0 aromatic carbocycles. The summed E-state index contributed by atoms with van der Waals surface area (Å²) in [6, 6.07) is 1.42. The highest BCUT2D eigenvalue weighted by Crippen LogP contribution is 2.53. The largest absolute Gasteiger partial charge is 0.450 e. The van der Waals surface area contributed by atoms with Crippen molar-refractivity contribution in [3.8, 4) is 0 Å². The molecule has 2 bridgehead atoms. The number of fused-ring (bicyclic) bond motifs is 2. The number of hydrogen-bond acceptors (Lipinski definition) is 3. The highest BCUT2D eigenvalue weighted by molar-refractivity contribution is 5.67. The van der Waals surface area contributed by atoms with E-state index < -0.39 is 0 Å². The van der Waals surface area contributed by atoms with Crippen LogP contribution < -0.4 is 0 Å². The van der Waals surface area contributed by atoms with E-state index in [0.717, 1.165) is 32.0 Å². The molecule has 0 radical (unpaired) electrons. The highest BCUT2D eigenvalue weighted by atomic mass is 16.6. The predicted molar refractivity (Wildman–Crippen MR) is 87.9 cm³/mol. The summed E-state index contributed by atoms with van der Waals surface area (Å²) in [5.74, 6) is 0. The Morgan fingerprint density at radius 3 is 2.45 bits per heavy atom. The van der Waals surface area contributed by atoms with Crippen molar-refractivity contribution >= 4 is 6.09 Å². The fourth-order valence-electron chi connectivity index (χ4n) is 5.53. The number of amides is 1. The van der Waals surface area contributed by atoms with Gasteiger partial charge in [0.15, 0.2) is 0 Å². The molecule has 2 saturated heterocycles. The molecule has 1 saturated carbocycles. The molecule has 0 spiro atoms. The van der Waals surface area contributed by atoms with Crippen LogP contribution in [0.5, 0.6) is 0 Å². The highest BCUT2D eigenvalue weighted by Gasteiger charge is 2.51.